The first-order valence-corrected chi connectivity index (χ1v) is 4.61. The smallest absolute Gasteiger partial charge is 0.273 e. The second-order valence-electron chi connectivity index (χ2n) is 3.39. The molecular weight excluding hydrogens is 194 g/mol. The summed E-state index contributed by atoms with van der Waals surface area (Å²) in [6, 6.07) is 4.59. The maximum Gasteiger partial charge on any atom is 0.273 e. The van der Waals surface area contributed by atoms with Crippen LogP contribution in [0, 0.1) is 10.1 Å². The van der Waals surface area contributed by atoms with Gasteiger partial charge >= 0.3 is 0 Å². The molecule has 0 fully saturated rings. The summed E-state index contributed by atoms with van der Waals surface area (Å²) in [6.45, 7) is 7.31. The van der Waals surface area contributed by atoms with Gasteiger partial charge in [0.05, 0.1) is 17.1 Å². The Morgan fingerprint density at radius 2 is 2.13 bits per heavy atom. The molecule has 0 aromatic heterocycles. The van der Waals surface area contributed by atoms with Gasteiger partial charge in [-0.2, -0.15) is 0 Å². The molecule has 0 aliphatic carbocycles. The van der Waals surface area contributed by atoms with E-state index < -0.39 is 4.92 Å². The third kappa shape index (κ3) is 3.09. The van der Waals surface area contributed by atoms with Gasteiger partial charge in [-0.25, -0.2) is 0 Å². The van der Waals surface area contributed by atoms with Gasteiger partial charge in [0.1, 0.15) is 5.75 Å². The van der Waals surface area contributed by atoms with Gasteiger partial charge in [0.25, 0.3) is 5.69 Å². The van der Waals surface area contributed by atoms with E-state index in [0.29, 0.717) is 11.3 Å². The number of rotatable bonds is 4. The standard InChI is InChI=1S/C11H13NO3/c1-4-9-5-10(12(13)14)7-11(6-9)15-8(2)3/h4-8H,1H2,2-3H3. The van der Waals surface area contributed by atoms with Crippen molar-refractivity contribution in [2.24, 2.45) is 0 Å². The van der Waals surface area contributed by atoms with Crippen LogP contribution in [0.5, 0.6) is 5.75 Å². The highest BCUT2D eigenvalue weighted by Crippen LogP contribution is 2.24. The molecular formula is C11H13NO3. The maximum atomic E-state index is 10.6. The summed E-state index contributed by atoms with van der Waals surface area (Å²) in [5, 5.41) is 10.6. The van der Waals surface area contributed by atoms with Crippen LogP contribution >= 0.6 is 0 Å². The van der Waals surface area contributed by atoms with E-state index in [1.165, 1.54) is 12.1 Å². The molecule has 0 heterocycles. The number of nitrogens with zero attached hydrogens (tertiary/aromatic N) is 1. The first-order valence-electron chi connectivity index (χ1n) is 4.61. The first-order chi connectivity index (χ1) is 7.02. The molecule has 0 saturated carbocycles. The van der Waals surface area contributed by atoms with Crippen molar-refractivity contribution in [3.8, 4) is 5.75 Å². The Balaban J connectivity index is 3.11. The highest BCUT2D eigenvalue weighted by atomic mass is 16.6. The number of nitro benzene ring substituents is 1. The second-order valence-corrected chi connectivity index (χ2v) is 3.39. The summed E-state index contributed by atoms with van der Waals surface area (Å²) in [6.07, 6.45) is 1.55. The van der Waals surface area contributed by atoms with Crippen LogP contribution in [0.15, 0.2) is 24.8 Å². The lowest BCUT2D eigenvalue weighted by Gasteiger charge is -2.09. The number of nitro groups is 1. The van der Waals surface area contributed by atoms with E-state index in [4.69, 9.17) is 4.74 Å². The molecule has 80 valence electrons. The van der Waals surface area contributed by atoms with Gasteiger partial charge in [-0.3, -0.25) is 10.1 Å². The quantitative estimate of drug-likeness (QED) is 0.563. The minimum atomic E-state index is -0.444. The van der Waals surface area contributed by atoms with Gasteiger partial charge in [-0.15, -0.1) is 0 Å². The predicted octanol–water partition coefficient (Wildman–Crippen LogP) is 3.03. The minimum absolute atomic E-state index is 0.00957. The summed E-state index contributed by atoms with van der Waals surface area (Å²) in [7, 11) is 0. The highest BCUT2D eigenvalue weighted by Gasteiger charge is 2.09. The fourth-order valence-corrected chi connectivity index (χ4v) is 1.17. The van der Waals surface area contributed by atoms with Crippen molar-refractivity contribution in [1.82, 2.24) is 0 Å². The second kappa shape index (κ2) is 4.59. The van der Waals surface area contributed by atoms with Crippen LogP contribution in [0.3, 0.4) is 0 Å². The van der Waals surface area contributed by atoms with Gasteiger partial charge in [0, 0.05) is 6.07 Å². The van der Waals surface area contributed by atoms with E-state index in [1.807, 2.05) is 13.8 Å². The lowest BCUT2D eigenvalue weighted by molar-refractivity contribution is -0.385. The zero-order valence-corrected chi connectivity index (χ0v) is 8.77. The third-order valence-corrected chi connectivity index (χ3v) is 1.73. The molecule has 0 aliphatic rings. The monoisotopic (exact) mass is 207 g/mol. The molecule has 1 aromatic carbocycles. The van der Waals surface area contributed by atoms with Gasteiger partial charge in [0.2, 0.25) is 0 Å². The zero-order chi connectivity index (χ0) is 11.4. The van der Waals surface area contributed by atoms with Gasteiger partial charge in [-0.1, -0.05) is 12.7 Å². The molecule has 1 rings (SSSR count). The lowest BCUT2D eigenvalue weighted by atomic mass is 10.2. The van der Waals surface area contributed by atoms with Crippen LogP contribution in [0.4, 0.5) is 5.69 Å². The van der Waals surface area contributed by atoms with Crippen molar-refractivity contribution in [1.29, 1.82) is 0 Å². The van der Waals surface area contributed by atoms with Gasteiger partial charge < -0.3 is 4.74 Å². The molecule has 0 amide bonds. The Kier molecular flexibility index (Phi) is 3.44. The van der Waals surface area contributed by atoms with Gasteiger partial charge in [0.15, 0.2) is 0 Å². The third-order valence-electron chi connectivity index (χ3n) is 1.73. The molecule has 0 saturated heterocycles. The average molecular weight is 207 g/mol. The van der Waals surface area contributed by atoms with E-state index in [2.05, 4.69) is 6.58 Å². The minimum Gasteiger partial charge on any atom is -0.491 e. The zero-order valence-electron chi connectivity index (χ0n) is 8.77. The van der Waals surface area contributed by atoms with Crippen molar-refractivity contribution in [3.05, 3.63) is 40.5 Å². The lowest BCUT2D eigenvalue weighted by Crippen LogP contribution is -2.05. The Morgan fingerprint density at radius 1 is 1.47 bits per heavy atom. The van der Waals surface area contributed by atoms with Crippen molar-refractivity contribution in [2.45, 2.75) is 20.0 Å². The molecule has 0 bridgehead atoms. The van der Waals surface area contributed by atoms with E-state index in [-0.39, 0.29) is 11.8 Å². The fraction of sp³-hybridized carbons (Fsp3) is 0.273. The molecule has 0 aliphatic heterocycles. The van der Waals surface area contributed by atoms with E-state index in [0.717, 1.165) is 0 Å². The summed E-state index contributed by atoms with van der Waals surface area (Å²) in [4.78, 5) is 10.2. The van der Waals surface area contributed by atoms with E-state index in [9.17, 15) is 10.1 Å². The normalized spacial score (nSPS) is 10.1. The molecule has 0 unspecified atom stereocenters. The van der Waals surface area contributed by atoms with Crippen molar-refractivity contribution in [3.63, 3.8) is 0 Å². The van der Waals surface area contributed by atoms with Crippen LogP contribution in [0.25, 0.3) is 6.08 Å². The SMILES string of the molecule is C=Cc1cc(OC(C)C)cc([N+](=O)[O-])c1. The van der Waals surface area contributed by atoms with Crippen LogP contribution in [0.1, 0.15) is 19.4 Å². The molecule has 4 heteroatoms. The molecule has 4 nitrogen and oxygen atoms in total. The topological polar surface area (TPSA) is 52.4 Å². The summed E-state index contributed by atoms with van der Waals surface area (Å²) >= 11 is 0. The van der Waals surface area contributed by atoms with Crippen molar-refractivity contribution in [2.75, 3.05) is 0 Å². The number of hydrogen-bond acceptors (Lipinski definition) is 3. The number of benzene rings is 1. The molecule has 0 N–H and O–H groups in total. The fourth-order valence-electron chi connectivity index (χ4n) is 1.17. The van der Waals surface area contributed by atoms with Crippen LogP contribution in [0.2, 0.25) is 0 Å². The molecule has 0 spiro atoms. The van der Waals surface area contributed by atoms with Crippen LogP contribution < -0.4 is 4.74 Å². The van der Waals surface area contributed by atoms with Crippen LogP contribution in [-0.4, -0.2) is 11.0 Å². The Bertz CT molecular complexity index is 385. The summed E-state index contributed by atoms with van der Waals surface area (Å²) in [5.41, 5.74) is 0.697. The van der Waals surface area contributed by atoms with Crippen molar-refractivity contribution < 1.29 is 9.66 Å². The van der Waals surface area contributed by atoms with Crippen LogP contribution in [-0.2, 0) is 0 Å². The molecule has 15 heavy (non-hydrogen) atoms. The van der Waals surface area contributed by atoms with E-state index >= 15 is 0 Å². The first kappa shape index (κ1) is 11.2. The molecule has 0 atom stereocenters. The maximum absolute atomic E-state index is 10.6. The Hall–Kier alpha value is -1.84. The van der Waals surface area contributed by atoms with Gasteiger partial charge in [-0.05, 0) is 25.5 Å². The number of hydrogen-bond donors (Lipinski definition) is 0. The Labute approximate surface area is 88.3 Å². The number of ether oxygens (including phenoxy) is 1. The predicted molar refractivity (Wildman–Crippen MR) is 59.0 cm³/mol. The largest absolute Gasteiger partial charge is 0.491 e. The molecule has 0 radical (unpaired) electrons. The van der Waals surface area contributed by atoms with Crippen molar-refractivity contribution >= 4 is 11.8 Å². The Morgan fingerprint density at radius 3 is 2.60 bits per heavy atom. The summed E-state index contributed by atoms with van der Waals surface area (Å²) in [5.74, 6) is 0.495. The average Bonchev–Trinajstić information content (AvgIpc) is 2.16. The highest BCUT2D eigenvalue weighted by molar-refractivity contribution is 5.55. The number of non-ortho nitro benzene ring substituents is 1. The van der Waals surface area contributed by atoms with E-state index in [1.54, 1.807) is 12.1 Å². The molecule has 1 aromatic rings. The summed E-state index contributed by atoms with van der Waals surface area (Å²) < 4.78 is 5.40.